The minimum absolute atomic E-state index is 0.168. The maximum Gasteiger partial charge on any atom is 0.205 e. The summed E-state index contributed by atoms with van der Waals surface area (Å²) in [5, 5.41) is 8.99. The van der Waals surface area contributed by atoms with Crippen molar-refractivity contribution in [2.75, 3.05) is 5.73 Å². The normalized spacial score (nSPS) is 10.0. The lowest BCUT2D eigenvalue weighted by molar-refractivity contribution is 0.809. The molecule has 80 valence electrons. The van der Waals surface area contributed by atoms with Gasteiger partial charge in [0.25, 0.3) is 0 Å². The molecule has 4 nitrogen and oxygen atoms in total. The van der Waals surface area contributed by atoms with Gasteiger partial charge in [0.2, 0.25) is 5.28 Å². The Kier molecular flexibility index (Phi) is 2.80. The average Bonchev–Trinajstić information content (AvgIpc) is 2.58. The molecule has 0 bridgehead atoms. The van der Waals surface area contributed by atoms with Crippen LogP contribution in [-0.2, 0) is 6.54 Å². The van der Waals surface area contributed by atoms with E-state index in [-0.39, 0.29) is 11.0 Å². The van der Waals surface area contributed by atoms with Crippen LogP contribution < -0.4 is 5.73 Å². The molecule has 0 atom stereocenters. The zero-order valence-corrected chi connectivity index (χ0v) is 9.15. The smallest absolute Gasteiger partial charge is 0.205 e. The second-order valence-electron chi connectivity index (χ2n) is 3.30. The number of benzene rings is 1. The highest BCUT2D eigenvalue weighted by Crippen LogP contribution is 2.19. The molecule has 2 aromatic rings. The Hall–Kier alpha value is -1.99. The first-order valence-electron chi connectivity index (χ1n) is 4.68. The van der Waals surface area contributed by atoms with Crippen LogP contribution in [0.3, 0.4) is 0 Å². The summed E-state index contributed by atoms with van der Waals surface area (Å²) >= 11 is 5.90. The van der Waals surface area contributed by atoms with Crippen molar-refractivity contribution in [2.24, 2.45) is 0 Å². The minimum Gasteiger partial charge on any atom is -0.383 e. The SMILES string of the molecule is N#Cc1nc(Cl)n(Cc2ccccc2)c1N. The number of rotatable bonds is 2. The third-order valence-corrected chi connectivity index (χ3v) is 2.54. The average molecular weight is 233 g/mol. The van der Waals surface area contributed by atoms with E-state index in [9.17, 15) is 0 Å². The van der Waals surface area contributed by atoms with Gasteiger partial charge in [-0.25, -0.2) is 4.98 Å². The van der Waals surface area contributed by atoms with E-state index in [0.717, 1.165) is 5.56 Å². The summed E-state index contributed by atoms with van der Waals surface area (Å²) in [7, 11) is 0. The summed E-state index contributed by atoms with van der Waals surface area (Å²) in [6, 6.07) is 11.6. The summed E-state index contributed by atoms with van der Waals surface area (Å²) in [6.07, 6.45) is 0. The molecule has 0 radical (unpaired) electrons. The molecule has 2 N–H and O–H groups in total. The van der Waals surface area contributed by atoms with Crippen LogP contribution in [0.2, 0.25) is 5.28 Å². The van der Waals surface area contributed by atoms with E-state index in [1.54, 1.807) is 4.57 Å². The van der Waals surface area contributed by atoms with E-state index in [4.69, 9.17) is 22.6 Å². The van der Waals surface area contributed by atoms with Gasteiger partial charge in [0.1, 0.15) is 11.9 Å². The molecule has 0 saturated heterocycles. The van der Waals surface area contributed by atoms with E-state index in [0.29, 0.717) is 12.4 Å². The maximum atomic E-state index is 8.76. The Morgan fingerprint density at radius 3 is 2.62 bits per heavy atom. The van der Waals surface area contributed by atoms with Crippen molar-refractivity contribution >= 4 is 17.4 Å². The molecule has 0 amide bonds. The van der Waals surface area contributed by atoms with Crippen LogP contribution in [-0.4, -0.2) is 9.55 Å². The molecule has 0 unspecified atom stereocenters. The van der Waals surface area contributed by atoms with Crippen LogP contribution in [0.4, 0.5) is 5.82 Å². The lowest BCUT2D eigenvalue weighted by Crippen LogP contribution is -2.04. The maximum absolute atomic E-state index is 8.76. The summed E-state index contributed by atoms with van der Waals surface area (Å²) in [6.45, 7) is 0.514. The van der Waals surface area contributed by atoms with Crippen molar-refractivity contribution < 1.29 is 0 Å². The van der Waals surface area contributed by atoms with Gasteiger partial charge in [-0.2, -0.15) is 5.26 Å². The predicted octanol–water partition coefficient (Wildman–Crippen LogP) is 2.04. The molecule has 1 aromatic heterocycles. The van der Waals surface area contributed by atoms with Gasteiger partial charge in [0, 0.05) is 0 Å². The largest absolute Gasteiger partial charge is 0.383 e. The zero-order chi connectivity index (χ0) is 11.5. The first-order chi connectivity index (χ1) is 7.72. The van der Waals surface area contributed by atoms with Gasteiger partial charge in [0.05, 0.1) is 6.54 Å². The highest BCUT2D eigenvalue weighted by atomic mass is 35.5. The Labute approximate surface area is 97.9 Å². The van der Waals surface area contributed by atoms with Gasteiger partial charge >= 0.3 is 0 Å². The number of anilines is 1. The van der Waals surface area contributed by atoms with Crippen LogP contribution in [0.25, 0.3) is 0 Å². The molecule has 0 spiro atoms. The van der Waals surface area contributed by atoms with E-state index in [1.807, 2.05) is 36.4 Å². The molecule has 0 aliphatic rings. The Morgan fingerprint density at radius 1 is 1.38 bits per heavy atom. The number of hydrogen-bond acceptors (Lipinski definition) is 3. The van der Waals surface area contributed by atoms with Gasteiger partial charge in [-0.15, -0.1) is 0 Å². The lowest BCUT2D eigenvalue weighted by Gasteiger charge is -2.05. The fourth-order valence-electron chi connectivity index (χ4n) is 1.44. The van der Waals surface area contributed by atoms with Gasteiger partial charge in [-0.1, -0.05) is 30.3 Å². The van der Waals surface area contributed by atoms with Gasteiger partial charge in [0.15, 0.2) is 5.69 Å². The summed E-state index contributed by atoms with van der Waals surface area (Å²) in [5.41, 5.74) is 6.98. The first kappa shape index (κ1) is 10.5. The van der Waals surface area contributed by atoms with Crippen LogP contribution in [0.15, 0.2) is 30.3 Å². The topological polar surface area (TPSA) is 67.6 Å². The molecule has 1 heterocycles. The summed E-state index contributed by atoms with van der Waals surface area (Å²) < 4.78 is 1.61. The third-order valence-electron chi connectivity index (χ3n) is 2.25. The second-order valence-corrected chi connectivity index (χ2v) is 3.64. The van der Waals surface area contributed by atoms with Crippen LogP contribution >= 0.6 is 11.6 Å². The second kappa shape index (κ2) is 4.25. The van der Waals surface area contributed by atoms with Crippen molar-refractivity contribution in [2.45, 2.75) is 6.54 Å². The number of nitrogen functional groups attached to an aromatic ring is 1. The highest BCUT2D eigenvalue weighted by Gasteiger charge is 2.12. The number of halogens is 1. The standard InChI is InChI=1S/C11H9ClN4/c12-11-15-9(6-13)10(14)16(11)7-8-4-2-1-3-5-8/h1-5H,7,14H2. The molecule has 0 aliphatic carbocycles. The molecular formula is C11H9ClN4. The number of hydrogen-bond donors (Lipinski definition) is 1. The van der Waals surface area contributed by atoms with E-state index < -0.39 is 0 Å². The monoisotopic (exact) mass is 232 g/mol. The fourth-order valence-corrected chi connectivity index (χ4v) is 1.67. The molecule has 2 rings (SSSR count). The predicted molar refractivity (Wildman–Crippen MR) is 61.9 cm³/mol. The van der Waals surface area contributed by atoms with Crippen LogP contribution in [0.1, 0.15) is 11.3 Å². The van der Waals surface area contributed by atoms with E-state index >= 15 is 0 Å². The number of nitrogens with two attached hydrogens (primary N) is 1. The number of nitrogens with zero attached hydrogens (tertiary/aromatic N) is 3. The molecule has 0 saturated carbocycles. The minimum atomic E-state index is 0.168. The van der Waals surface area contributed by atoms with Crippen LogP contribution in [0.5, 0.6) is 0 Å². The quantitative estimate of drug-likeness (QED) is 0.862. The molecule has 1 aromatic carbocycles. The van der Waals surface area contributed by atoms with Crippen molar-refractivity contribution in [3.05, 3.63) is 46.9 Å². The van der Waals surface area contributed by atoms with E-state index in [2.05, 4.69) is 4.98 Å². The summed E-state index contributed by atoms with van der Waals surface area (Å²) in [4.78, 5) is 3.87. The fraction of sp³-hybridized carbons (Fsp3) is 0.0909. The Balaban J connectivity index is 2.36. The molecule has 16 heavy (non-hydrogen) atoms. The zero-order valence-electron chi connectivity index (χ0n) is 8.39. The van der Waals surface area contributed by atoms with Crippen molar-refractivity contribution in [1.29, 1.82) is 5.26 Å². The first-order valence-corrected chi connectivity index (χ1v) is 5.05. The molecule has 5 heteroatoms. The number of imidazole rings is 1. The molecule has 0 fully saturated rings. The Bertz CT molecular complexity index is 539. The molecular weight excluding hydrogens is 224 g/mol. The van der Waals surface area contributed by atoms with Crippen molar-refractivity contribution in [3.63, 3.8) is 0 Å². The van der Waals surface area contributed by atoms with Gasteiger partial charge in [-0.05, 0) is 17.2 Å². The highest BCUT2D eigenvalue weighted by molar-refractivity contribution is 6.28. The van der Waals surface area contributed by atoms with E-state index in [1.165, 1.54) is 0 Å². The van der Waals surface area contributed by atoms with Gasteiger partial charge < -0.3 is 5.73 Å². The Morgan fingerprint density at radius 2 is 2.06 bits per heavy atom. The van der Waals surface area contributed by atoms with Crippen molar-refractivity contribution in [3.8, 4) is 6.07 Å². The van der Waals surface area contributed by atoms with Crippen LogP contribution in [0, 0.1) is 11.3 Å². The number of nitriles is 1. The molecule has 0 aliphatic heterocycles. The third kappa shape index (κ3) is 1.86. The summed E-state index contributed by atoms with van der Waals surface area (Å²) in [5.74, 6) is 0.302. The van der Waals surface area contributed by atoms with Gasteiger partial charge in [-0.3, -0.25) is 4.57 Å². The van der Waals surface area contributed by atoms with Crippen molar-refractivity contribution in [1.82, 2.24) is 9.55 Å². The number of aromatic nitrogens is 2. The lowest BCUT2D eigenvalue weighted by atomic mass is 10.2.